The predicted molar refractivity (Wildman–Crippen MR) is 109 cm³/mol. The van der Waals surface area contributed by atoms with Crippen LogP contribution < -0.4 is 21.4 Å². The van der Waals surface area contributed by atoms with Gasteiger partial charge in [0.2, 0.25) is 5.95 Å². The van der Waals surface area contributed by atoms with Crippen molar-refractivity contribution in [2.75, 3.05) is 12.5 Å². The molecule has 0 spiro atoms. The predicted octanol–water partition coefficient (Wildman–Crippen LogP) is 1.53. The monoisotopic (exact) mass is 448 g/mol. The van der Waals surface area contributed by atoms with Gasteiger partial charge >= 0.3 is 5.69 Å². The number of hydrogen-bond donors (Lipinski definition) is 3. The number of aryl methyl sites for hydroxylation is 1. The van der Waals surface area contributed by atoms with Gasteiger partial charge in [0.1, 0.15) is 0 Å². The van der Waals surface area contributed by atoms with Crippen molar-refractivity contribution in [3.05, 3.63) is 55.7 Å². The number of aromatic amines is 1. The molecule has 0 aliphatic carbocycles. The van der Waals surface area contributed by atoms with Crippen molar-refractivity contribution in [3.63, 3.8) is 0 Å². The van der Waals surface area contributed by atoms with Crippen molar-refractivity contribution in [2.45, 2.75) is 6.54 Å². The molecule has 0 atom stereocenters. The quantitative estimate of drug-likeness (QED) is 0.298. The molecule has 0 unspecified atom stereocenters. The van der Waals surface area contributed by atoms with Gasteiger partial charge in [0.15, 0.2) is 22.7 Å². The van der Waals surface area contributed by atoms with Gasteiger partial charge in [0.25, 0.3) is 5.56 Å². The average Bonchev–Trinajstić information content (AvgIpc) is 3.02. The van der Waals surface area contributed by atoms with Crippen LogP contribution in [0.25, 0.3) is 11.2 Å². The minimum absolute atomic E-state index is 0.0134. The maximum Gasteiger partial charge on any atom is 0.329 e. The Morgan fingerprint density at radius 1 is 1.46 bits per heavy atom. The highest BCUT2D eigenvalue weighted by Crippen LogP contribution is 2.34. The molecule has 0 amide bonds. The number of methoxy groups -OCH3 is 1. The molecule has 11 heteroatoms. The molecule has 0 saturated heterocycles. The lowest BCUT2D eigenvalue weighted by Gasteiger charge is -2.07. The Kier molecular flexibility index (Phi) is 5.36. The van der Waals surface area contributed by atoms with Crippen LogP contribution in [0, 0.1) is 0 Å². The summed E-state index contributed by atoms with van der Waals surface area (Å²) in [6.45, 7) is 3.97. The molecule has 2 heterocycles. The molecule has 0 aliphatic rings. The zero-order chi connectivity index (χ0) is 20.4. The summed E-state index contributed by atoms with van der Waals surface area (Å²) in [7, 11) is 2.96. The van der Waals surface area contributed by atoms with Crippen LogP contribution in [0.4, 0.5) is 5.95 Å². The molecule has 10 nitrogen and oxygen atoms in total. The molecule has 28 heavy (non-hydrogen) atoms. The molecule has 146 valence electrons. The summed E-state index contributed by atoms with van der Waals surface area (Å²) in [6.07, 6.45) is 3.09. The molecule has 3 N–H and O–H groups in total. The molecule has 0 radical (unpaired) electrons. The normalized spacial score (nSPS) is 11.2. The van der Waals surface area contributed by atoms with Gasteiger partial charge in [0.05, 0.1) is 17.8 Å². The third-order valence-electron chi connectivity index (χ3n) is 3.97. The van der Waals surface area contributed by atoms with E-state index in [-0.39, 0.29) is 35.2 Å². The summed E-state index contributed by atoms with van der Waals surface area (Å²) in [4.78, 5) is 30.6. The zero-order valence-electron chi connectivity index (χ0n) is 15.1. The van der Waals surface area contributed by atoms with E-state index in [1.54, 1.807) is 22.8 Å². The fraction of sp³-hybridized carbons (Fsp3) is 0.176. The average molecular weight is 449 g/mol. The van der Waals surface area contributed by atoms with E-state index < -0.39 is 11.2 Å². The van der Waals surface area contributed by atoms with Crippen LogP contribution in [0.2, 0.25) is 0 Å². The number of fused-ring (bicyclic) bond motifs is 1. The highest BCUT2D eigenvalue weighted by Gasteiger charge is 2.16. The summed E-state index contributed by atoms with van der Waals surface area (Å²) in [5.74, 6) is 0.541. The number of benzene rings is 1. The highest BCUT2D eigenvalue weighted by atomic mass is 79.9. The van der Waals surface area contributed by atoms with Crippen LogP contribution in [0.1, 0.15) is 5.56 Å². The van der Waals surface area contributed by atoms with E-state index >= 15 is 0 Å². The summed E-state index contributed by atoms with van der Waals surface area (Å²) in [5.41, 5.74) is 2.76. The van der Waals surface area contributed by atoms with E-state index in [0.717, 1.165) is 0 Å². The molecule has 0 aliphatic heterocycles. The Morgan fingerprint density at radius 2 is 2.21 bits per heavy atom. The van der Waals surface area contributed by atoms with E-state index in [1.165, 1.54) is 24.9 Å². The second-order valence-corrected chi connectivity index (χ2v) is 6.60. The molecule has 3 aromatic rings. The van der Waals surface area contributed by atoms with Crippen molar-refractivity contribution in [3.8, 4) is 11.5 Å². The van der Waals surface area contributed by atoms with Gasteiger partial charge in [-0.05, 0) is 33.6 Å². The van der Waals surface area contributed by atoms with Crippen LogP contribution in [-0.2, 0) is 13.6 Å². The van der Waals surface area contributed by atoms with Gasteiger partial charge in [-0.3, -0.25) is 18.9 Å². The number of nitrogens with one attached hydrogen (secondary N) is 2. The Morgan fingerprint density at radius 3 is 2.89 bits per heavy atom. The van der Waals surface area contributed by atoms with E-state index in [9.17, 15) is 14.7 Å². The third-order valence-corrected chi connectivity index (χ3v) is 4.57. The first-order chi connectivity index (χ1) is 13.4. The minimum Gasteiger partial charge on any atom is -0.503 e. The summed E-state index contributed by atoms with van der Waals surface area (Å²) >= 11 is 3.24. The number of halogens is 1. The third kappa shape index (κ3) is 3.43. The number of rotatable bonds is 6. The van der Waals surface area contributed by atoms with Crippen LogP contribution >= 0.6 is 15.9 Å². The second-order valence-electron chi connectivity index (χ2n) is 5.75. The second kappa shape index (κ2) is 7.72. The minimum atomic E-state index is -0.558. The van der Waals surface area contributed by atoms with Crippen molar-refractivity contribution >= 4 is 39.3 Å². The SMILES string of the molecule is C=CCn1c(NN=Cc2cc(Br)c(O)c(OC)c2)nc2c1c(=O)[nH]c(=O)n2C. The first kappa shape index (κ1) is 19.4. The van der Waals surface area contributed by atoms with Crippen LogP contribution in [0.5, 0.6) is 11.5 Å². The van der Waals surface area contributed by atoms with Crippen molar-refractivity contribution in [2.24, 2.45) is 12.1 Å². The number of aromatic nitrogens is 4. The number of phenolic OH excluding ortho intramolecular Hbond substituents is 1. The lowest BCUT2D eigenvalue weighted by atomic mass is 10.2. The molecular weight excluding hydrogens is 432 g/mol. The number of H-pyrrole nitrogens is 1. The molecule has 0 fully saturated rings. The Balaban J connectivity index is 2.01. The van der Waals surface area contributed by atoms with Gasteiger partial charge < -0.3 is 9.84 Å². The number of nitrogens with zero attached hydrogens (tertiary/aromatic N) is 4. The van der Waals surface area contributed by atoms with Crippen LogP contribution in [-0.4, -0.2) is 37.5 Å². The number of anilines is 1. The van der Waals surface area contributed by atoms with Gasteiger partial charge in [-0.1, -0.05) is 6.08 Å². The largest absolute Gasteiger partial charge is 0.503 e. The Hall–Kier alpha value is -3.34. The number of hydrazone groups is 1. The Labute approximate surface area is 166 Å². The van der Waals surface area contributed by atoms with E-state index in [2.05, 4.69) is 43.0 Å². The topological polar surface area (TPSA) is 127 Å². The summed E-state index contributed by atoms with van der Waals surface area (Å²) in [5, 5.41) is 14.0. The molecule has 2 aromatic heterocycles. The number of ether oxygens (including phenoxy) is 1. The fourth-order valence-electron chi connectivity index (χ4n) is 2.62. The van der Waals surface area contributed by atoms with E-state index in [1.807, 2.05) is 0 Å². The molecule has 0 saturated carbocycles. The van der Waals surface area contributed by atoms with Crippen LogP contribution in [0.15, 0.2) is 44.0 Å². The summed E-state index contributed by atoms with van der Waals surface area (Å²) in [6, 6.07) is 3.26. The van der Waals surface area contributed by atoms with Crippen molar-refractivity contribution < 1.29 is 9.84 Å². The van der Waals surface area contributed by atoms with Gasteiger partial charge in [0, 0.05) is 13.6 Å². The lowest BCUT2D eigenvalue weighted by Crippen LogP contribution is -2.29. The van der Waals surface area contributed by atoms with Gasteiger partial charge in [-0.2, -0.15) is 10.1 Å². The van der Waals surface area contributed by atoms with Gasteiger partial charge in [-0.25, -0.2) is 10.2 Å². The lowest BCUT2D eigenvalue weighted by molar-refractivity contribution is 0.372. The molecule has 3 rings (SSSR count). The molecule has 1 aromatic carbocycles. The standard InChI is InChI=1S/C17H17BrN6O4/c1-4-5-24-12-14(23(2)17(27)21-15(12)26)20-16(24)22-19-8-9-6-10(18)13(25)11(7-9)28-3/h4,6-8,25H,1,5H2,2-3H3,(H,20,22)(H,21,26,27). The number of allylic oxidation sites excluding steroid dienone is 1. The first-order valence-electron chi connectivity index (χ1n) is 8.03. The number of aromatic hydroxyl groups is 1. The highest BCUT2D eigenvalue weighted by molar-refractivity contribution is 9.10. The molecular formula is C17H17BrN6O4. The van der Waals surface area contributed by atoms with E-state index in [4.69, 9.17) is 4.74 Å². The fourth-order valence-corrected chi connectivity index (χ4v) is 3.07. The first-order valence-corrected chi connectivity index (χ1v) is 8.82. The van der Waals surface area contributed by atoms with Gasteiger partial charge in [-0.15, -0.1) is 6.58 Å². The maximum absolute atomic E-state index is 12.2. The summed E-state index contributed by atoms with van der Waals surface area (Å²) < 4.78 is 8.36. The maximum atomic E-state index is 12.2. The number of hydrogen-bond acceptors (Lipinski definition) is 7. The van der Waals surface area contributed by atoms with E-state index in [0.29, 0.717) is 10.0 Å². The van der Waals surface area contributed by atoms with Crippen molar-refractivity contribution in [1.29, 1.82) is 0 Å². The molecule has 0 bridgehead atoms. The number of phenols is 1. The zero-order valence-corrected chi connectivity index (χ0v) is 16.6. The van der Waals surface area contributed by atoms with Crippen LogP contribution in [0.3, 0.4) is 0 Å². The van der Waals surface area contributed by atoms with Crippen molar-refractivity contribution in [1.82, 2.24) is 19.1 Å². The number of imidazole rings is 1. The Bertz CT molecular complexity index is 1210. The smallest absolute Gasteiger partial charge is 0.329 e.